The monoisotopic (exact) mass is 326 g/mol. The topological polar surface area (TPSA) is 94.0 Å². The number of hydrogen-bond acceptors (Lipinski definition) is 8. The molecule has 0 aliphatic carbocycles. The van der Waals surface area contributed by atoms with E-state index in [1.165, 1.54) is 0 Å². The third kappa shape index (κ3) is 3.05. The van der Waals surface area contributed by atoms with Gasteiger partial charge in [0.05, 0.1) is 11.7 Å². The van der Waals surface area contributed by atoms with Crippen molar-refractivity contribution in [2.75, 3.05) is 6.54 Å². The smallest absolute Gasteiger partial charge is 0.244 e. The van der Waals surface area contributed by atoms with E-state index in [1.807, 2.05) is 13.0 Å². The Morgan fingerprint density at radius 2 is 2.00 bits per heavy atom. The first-order valence-corrected chi connectivity index (χ1v) is 8.07. The maximum absolute atomic E-state index is 5.51. The van der Waals surface area contributed by atoms with Crippen LogP contribution in [0.5, 0.6) is 0 Å². The number of nitrogens with zero attached hydrogens (tertiary/aromatic N) is 6. The van der Waals surface area contributed by atoms with Gasteiger partial charge in [0.15, 0.2) is 0 Å². The van der Waals surface area contributed by atoms with Crippen molar-refractivity contribution in [3.8, 4) is 11.6 Å². The molecule has 1 saturated heterocycles. The fraction of sp³-hybridized carbons (Fsp3) is 0.438. The van der Waals surface area contributed by atoms with Gasteiger partial charge in [0.25, 0.3) is 0 Å². The van der Waals surface area contributed by atoms with Crippen LogP contribution < -0.4 is 0 Å². The zero-order chi connectivity index (χ0) is 16.4. The molecule has 1 fully saturated rings. The summed E-state index contributed by atoms with van der Waals surface area (Å²) in [6, 6.07) is 3.80. The van der Waals surface area contributed by atoms with Crippen LogP contribution in [0.2, 0.25) is 0 Å². The molecule has 124 valence electrons. The lowest BCUT2D eigenvalue weighted by Gasteiger charge is -2.32. The van der Waals surface area contributed by atoms with Crippen molar-refractivity contribution in [2.45, 2.75) is 38.8 Å². The minimum Gasteiger partial charge on any atom is -0.361 e. The molecule has 0 saturated carbocycles. The molecule has 1 aliphatic rings. The van der Waals surface area contributed by atoms with Crippen LogP contribution >= 0.6 is 0 Å². The van der Waals surface area contributed by atoms with E-state index < -0.39 is 0 Å². The Kier molecular flexibility index (Phi) is 4.04. The second kappa shape index (κ2) is 6.48. The first kappa shape index (κ1) is 14.9. The summed E-state index contributed by atoms with van der Waals surface area (Å²) in [5.41, 5.74) is 0.922. The van der Waals surface area contributed by atoms with Crippen molar-refractivity contribution in [3.05, 3.63) is 41.9 Å². The van der Waals surface area contributed by atoms with E-state index in [2.05, 4.69) is 30.2 Å². The van der Waals surface area contributed by atoms with Crippen molar-refractivity contribution < 1.29 is 9.05 Å². The van der Waals surface area contributed by atoms with Gasteiger partial charge in [0, 0.05) is 25.0 Å². The van der Waals surface area contributed by atoms with Crippen molar-refractivity contribution in [1.29, 1.82) is 0 Å². The quantitative estimate of drug-likeness (QED) is 0.722. The van der Waals surface area contributed by atoms with Crippen molar-refractivity contribution in [2.24, 2.45) is 0 Å². The SMILES string of the molecule is Cc1cc(CN2CCCC[C@H]2c2nc(-c3ncccn3)no2)no1. The highest BCUT2D eigenvalue weighted by Crippen LogP contribution is 2.31. The lowest BCUT2D eigenvalue weighted by Crippen LogP contribution is -2.33. The second-order valence-electron chi connectivity index (χ2n) is 5.94. The summed E-state index contributed by atoms with van der Waals surface area (Å²) in [5.74, 6) is 2.33. The molecule has 4 heterocycles. The Hall–Kier alpha value is -2.61. The van der Waals surface area contributed by atoms with Gasteiger partial charge in [-0.25, -0.2) is 9.97 Å². The molecule has 3 aromatic heterocycles. The van der Waals surface area contributed by atoms with Gasteiger partial charge in [0.1, 0.15) is 5.76 Å². The molecule has 0 radical (unpaired) electrons. The van der Waals surface area contributed by atoms with E-state index in [1.54, 1.807) is 18.5 Å². The van der Waals surface area contributed by atoms with Gasteiger partial charge in [-0.2, -0.15) is 4.98 Å². The molecule has 1 atom stereocenters. The molecule has 0 N–H and O–H groups in total. The number of rotatable bonds is 4. The summed E-state index contributed by atoms with van der Waals surface area (Å²) in [7, 11) is 0. The first-order valence-electron chi connectivity index (χ1n) is 8.07. The molecule has 0 unspecified atom stereocenters. The van der Waals surface area contributed by atoms with Gasteiger partial charge in [-0.3, -0.25) is 4.90 Å². The van der Waals surface area contributed by atoms with E-state index in [9.17, 15) is 0 Å². The van der Waals surface area contributed by atoms with E-state index in [-0.39, 0.29) is 6.04 Å². The van der Waals surface area contributed by atoms with Crippen LogP contribution in [0.25, 0.3) is 11.6 Å². The molecule has 0 bridgehead atoms. The summed E-state index contributed by atoms with van der Waals surface area (Å²) >= 11 is 0. The Morgan fingerprint density at radius 1 is 1.12 bits per heavy atom. The Bertz CT molecular complexity index is 800. The third-order valence-corrected chi connectivity index (χ3v) is 4.15. The van der Waals surface area contributed by atoms with Crippen LogP contribution in [0.15, 0.2) is 33.6 Å². The lowest BCUT2D eigenvalue weighted by molar-refractivity contribution is 0.109. The highest BCUT2D eigenvalue weighted by atomic mass is 16.5. The van der Waals surface area contributed by atoms with E-state index >= 15 is 0 Å². The highest BCUT2D eigenvalue weighted by molar-refractivity contribution is 5.40. The minimum absolute atomic E-state index is 0.0840. The molecule has 24 heavy (non-hydrogen) atoms. The zero-order valence-electron chi connectivity index (χ0n) is 13.4. The molecule has 0 amide bonds. The van der Waals surface area contributed by atoms with E-state index in [0.717, 1.165) is 37.3 Å². The highest BCUT2D eigenvalue weighted by Gasteiger charge is 2.29. The van der Waals surface area contributed by atoms with Gasteiger partial charge in [-0.05, 0) is 32.4 Å². The Labute approximate surface area is 138 Å². The van der Waals surface area contributed by atoms with Crippen molar-refractivity contribution in [1.82, 2.24) is 30.2 Å². The third-order valence-electron chi connectivity index (χ3n) is 4.15. The van der Waals surface area contributed by atoms with E-state index in [4.69, 9.17) is 9.05 Å². The standard InChI is InChI=1S/C16H18N6O2/c1-11-9-12(20-23-11)10-22-8-3-2-5-13(22)16-19-15(21-24-16)14-17-6-4-7-18-14/h4,6-7,9,13H,2-3,5,8,10H2,1H3/t13-/m0/s1. The Morgan fingerprint density at radius 3 is 2.79 bits per heavy atom. The fourth-order valence-electron chi connectivity index (χ4n) is 3.04. The average molecular weight is 326 g/mol. The fourth-order valence-corrected chi connectivity index (χ4v) is 3.04. The Balaban J connectivity index is 1.55. The average Bonchev–Trinajstić information content (AvgIpc) is 3.26. The van der Waals surface area contributed by atoms with Gasteiger partial charge >= 0.3 is 0 Å². The predicted molar refractivity (Wildman–Crippen MR) is 83.6 cm³/mol. The van der Waals surface area contributed by atoms with Crippen LogP contribution in [0.3, 0.4) is 0 Å². The lowest BCUT2D eigenvalue weighted by atomic mass is 10.0. The number of aryl methyl sites for hydroxylation is 1. The summed E-state index contributed by atoms with van der Waals surface area (Å²) < 4.78 is 10.7. The molecule has 8 heteroatoms. The first-order chi connectivity index (χ1) is 11.8. The maximum Gasteiger partial charge on any atom is 0.244 e. The number of hydrogen-bond donors (Lipinski definition) is 0. The van der Waals surface area contributed by atoms with Gasteiger partial charge in [-0.15, -0.1) is 0 Å². The maximum atomic E-state index is 5.51. The molecule has 3 aromatic rings. The number of aromatic nitrogens is 5. The summed E-state index contributed by atoms with van der Waals surface area (Å²) in [4.78, 5) is 15.2. The van der Waals surface area contributed by atoms with Crippen molar-refractivity contribution in [3.63, 3.8) is 0 Å². The molecule has 1 aliphatic heterocycles. The predicted octanol–water partition coefficient (Wildman–Crippen LogP) is 2.55. The number of piperidine rings is 1. The zero-order valence-corrected chi connectivity index (χ0v) is 13.4. The van der Waals surface area contributed by atoms with E-state index in [0.29, 0.717) is 24.1 Å². The summed E-state index contributed by atoms with van der Waals surface area (Å²) in [5, 5.41) is 8.12. The molecule has 8 nitrogen and oxygen atoms in total. The van der Waals surface area contributed by atoms with Crippen LogP contribution in [0.4, 0.5) is 0 Å². The molecular formula is C16H18N6O2. The number of likely N-dealkylation sites (tertiary alicyclic amines) is 1. The molecule has 0 aromatic carbocycles. The molecular weight excluding hydrogens is 308 g/mol. The normalized spacial score (nSPS) is 18.8. The van der Waals surface area contributed by atoms with Crippen LogP contribution in [0.1, 0.15) is 42.6 Å². The molecule has 0 spiro atoms. The second-order valence-corrected chi connectivity index (χ2v) is 5.94. The van der Waals surface area contributed by atoms with Gasteiger partial charge in [0.2, 0.25) is 17.5 Å². The van der Waals surface area contributed by atoms with Crippen LogP contribution in [-0.2, 0) is 6.54 Å². The minimum atomic E-state index is 0.0840. The summed E-state index contributed by atoms with van der Waals surface area (Å²) in [6.45, 7) is 3.58. The van der Waals surface area contributed by atoms with Crippen molar-refractivity contribution >= 4 is 0 Å². The van der Waals surface area contributed by atoms with Gasteiger partial charge in [-0.1, -0.05) is 16.7 Å². The largest absolute Gasteiger partial charge is 0.361 e. The summed E-state index contributed by atoms with van der Waals surface area (Å²) in [6.07, 6.45) is 6.60. The van der Waals surface area contributed by atoms with Gasteiger partial charge < -0.3 is 9.05 Å². The van der Waals surface area contributed by atoms with Crippen LogP contribution in [0, 0.1) is 6.92 Å². The molecule has 4 rings (SSSR count). The van der Waals surface area contributed by atoms with Crippen LogP contribution in [-0.4, -0.2) is 36.7 Å².